The maximum atomic E-state index is 15.0. The van der Waals surface area contributed by atoms with Gasteiger partial charge in [-0.1, -0.05) is 6.92 Å². The number of aryl methyl sites for hydroxylation is 1. The first-order valence-electron chi connectivity index (χ1n) is 13.6. The summed E-state index contributed by atoms with van der Waals surface area (Å²) in [6.45, 7) is -1.04. The number of ether oxygens (including phenoxy) is 1. The van der Waals surface area contributed by atoms with Crippen LogP contribution in [0.1, 0.15) is 63.3 Å². The monoisotopic (exact) mass is 510 g/mol. The number of pyridine rings is 2. The number of hydrogen-bond acceptors (Lipinski definition) is 7. The van der Waals surface area contributed by atoms with Gasteiger partial charge in [0, 0.05) is 33.7 Å². The lowest BCUT2D eigenvalue weighted by molar-refractivity contribution is -0.172. The number of rotatable bonds is 3. The second-order valence-electron chi connectivity index (χ2n) is 9.79. The number of nitrogens with zero attached hydrogens (tertiary/aromatic N) is 3. The van der Waals surface area contributed by atoms with Gasteiger partial charge in [-0.3, -0.25) is 9.59 Å². The number of cyclic esters (lactones) is 1. The van der Waals surface area contributed by atoms with Gasteiger partial charge in [0.15, 0.2) is 5.60 Å². The molecule has 9 nitrogen and oxygen atoms in total. The van der Waals surface area contributed by atoms with Crippen molar-refractivity contribution in [2.45, 2.75) is 57.9 Å². The van der Waals surface area contributed by atoms with Crippen molar-refractivity contribution in [3.63, 3.8) is 0 Å². The normalized spacial score (nSPS) is 22.9. The molecule has 0 fully saturated rings. The number of aliphatic hydroxyl groups is 2. The van der Waals surface area contributed by atoms with Crippen molar-refractivity contribution in [3.8, 4) is 11.4 Å². The van der Waals surface area contributed by atoms with E-state index in [1.807, 2.05) is 0 Å². The highest BCUT2D eigenvalue weighted by molar-refractivity contribution is 5.94. The summed E-state index contributed by atoms with van der Waals surface area (Å²) >= 11 is 0. The van der Waals surface area contributed by atoms with E-state index in [9.17, 15) is 24.6 Å². The number of fused-ring (bicyclic) bond motifs is 5. The van der Waals surface area contributed by atoms with Crippen LogP contribution in [0.2, 0.25) is 0 Å². The Morgan fingerprint density at radius 3 is 2.84 bits per heavy atom. The summed E-state index contributed by atoms with van der Waals surface area (Å²) < 4.78 is 45.8. The number of amides is 1. The fraction of sp³-hybridized carbons (Fsp3) is 0.407. The zero-order valence-electron chi connectivity index (χ0n) is 23.2. The van der Waals surface area contributed by atoms with E-state index in [1.165, 1.54) is 16.7 Å². The van der Waals surface area contributed by atoms with Crippen molar-refractivity contribution in [2.75, 3.05) is 13.6 Å². The van der Waals surface area contributed by atoms with E-state index in [-0.39, 0.29) is 60.4 Å². The third-order valence-corrected chi connectivity index (χ3v) is 8.06. The Kier molecular flexibility index (Phi) is 4.38. The molecule has 3 aromatic rings. The minimum Gasteiger partial charge on any atom is -0.458 e. The van der Waals surface area contributed by atoms with Gasteiger partial charge in [0.2, 0.25) is 5.91 Å². The van der Waals surface area contributed by atoms with E-state index in [1.54, 1.807) is 13.8 Å². The molecule has 2 N–H and O–H groups in total. The van der Waals surface area contributed by atoms with Crippen LogP contribution in [0.25, 0.3) is 22.3 Å². The zero-order chi connectivity index (χ0) is 28.9. The van der Waals surface area contributed by atoms with Crippen LogP contribution in [0, 0.1) is 12.7 Å². The van der Waals surface area contributed by atoms with Crippen molar-refractivity contribution < 1.29 is 33.0 Å². The molecule has 2 aromatic heterocycles. The summed E-state index contributed by atoms with van der Waals surface area (Å²) in [6, 6.07) is 1.75. The summed E-state index contributed by atoms with van der Waals surface area (Å²) in [4.78, 5) is 44.4. The molecule has 10 heteroatoms. The Bertz CT molecular complexity index is 1720. The summed E-state index contributed by atoms with van der Waals surface area (Å²) in [5, 5.41) is 21.3. The molecule has 2 aliphatic heterocycles. The summed E-state index contributed by atoms with van der Waals surface area (Å²) in [7, 11) is 0. The van der Waals surface area contributed by atoms with Gasteiger partial charge in [-0.15, -0.1) is 0 Å². The molecule has 2 atom stereocenters. The number of hydrogen-bond donors (Lipinski definition) is 2. The van der Waals surface area contributed by atoms with E-state index in [2.05, 4.69) is 0 Å². The van der Waals surface area contributed by atoms with Gasteiger partial charge in [-0.05, 0) is 48.9 Å². The molecule has 1 amide bonds. The molecule has 4 heterocycles. The number of likely N-dealkylation sites (N-methyl/N-ethyl adjacent to an activating group) is 1. The lowest BCUT2D eigenvalue weighted by Gasteiger charge is -2.35. The SMILES string of the molecule is [2H]C([2H])([2H])N(C(=O)CO)[C@@H]1CCc2c(C)c(F)cc3nc4c(c1c23)Cn1c-4cc2c(c1=O)COC(=O)[C@]2(O)CC. The van der Waals surface area contributed by atoms with Crippen LogP contribution in [-0.4, -0.2) is 50.1 Å². The predicted molar refractivity (Wildman–Crippen MR) is 130 cm³/mol. The molecular weight excluding hydrogens is 481 g/mol. The Morgan fingerprint density at radius 2 is 2.14 bits per heavy atom. The fourth-order valence-corrected chi connectivity index (χ4v) is 6.04. The van der Waals surface area contributed by atoms with Crippen molar-refractivity contribution in [1.29, 1.82) is 0 Å². The number of carbonyl (C=O) groups is 2. The zero-order valence-corrected chi connectivity index (χ0v) is 20.2. The third kappa shape index (κ3) is 3.02. The van der Waals surface area contributed by atoms with Gasteiger partial charge in [-0.25, -0.2) is 14.2 Å². The molecular formula is C27H26FN3O6. The summed E-state index contributed by atoms with van der Waals surface area (Å²) in [6.07, 6.45) is 0.373. The maximum Gasteiger partial charge on any atom is 0.343 e. The lowest BCUT2D eigenvalue weighted by Crippen LogP contribution is -2.44. The van der Waals surface area contributed by atoms with E-state index < -0.39 is 48.5 Å². The van der Waals surface area contributed by atoms with E-state index in [0.29, 0.717) is 32.5 Å². The molecule has 3 aliphatic rings. The van der Waals surface area contributed by atoms with Crippen LogP contribution in [0.3, 0.4) is 0 Å². The van der Waals surface area contributed by atoms with Gasteiger partial charge in [0.25, 0.3) is 5.56 Å². The number of esters is 1. The van der Waals surface area contributed by atoms with Crippen LogP contribution in [0.15, 0.2) is 16.9 Å². The number of aliphatic hydroxyl groups excluding tert-OH is 1. The molecule has 192 valence electrons. The standard InChI is InChI=1S/C27H26FN3O6/c1-4-27(36)16-7-20-24-14(9-31(20)25(34)15(16)11-37-26(27)35)23-19(30(3)21(33)10-32)6-5-13-12(2)17(28)8-18(29-24)22(13)23/h7-8,19,32,36H,4-6,9-11H2,1-3H3/t19-,27+/m1/s1/i3D3. The van der Waals surface area contributed by atoms with Crippen LogP contribution in [0.5, 0.6) is 0 Å². The van der Waals surface area contributed by atoms with Crippen LogP contribution < -0.4 is 5.56 Å². The average Bonchev–Trinajstić information content (AvgIpc) is 3.28. The Balaban J connectivity index is 1.69. The highest BCUT2D eigenvalue weighted by atomic mass is 19.1. The van der Waals surface area contributed by atoms with E-state index in [4.69, 9.17) is 13.8 Å². The summed E-state index contributed by atoms with van der Waals surface area (Å²) in [5.74, 6) is -2.36. The minimum absolute atomic E-state index is 0.0257. The largest absolute Gasteiger partial charge is 0.458 e. The van der Waals surface area contributed by atoms with Gasteiger partial charge in [0.1, 0.15) is 19.0 Å². The number of carbonyl (C=O) groups excluding carboxylic acids is 2. The summed E-state index contributed by atoms with van der Waals surface area (Å²) in [5.41, 5.74) is 0.392. The quantitative estimate of drug-likeness (QED) is 0.404. The van der Waals surface area contributed by atoms with Crippen LogP contribution in [0.4, 0.5) is 4.39 Å². The third-order valence-electron chi connectivity index (χ3n) is 8.06. The first kappa shape index (κ1) is 20.4. The molecule has 0 radical (unpaired) electrons. The molecule has 0 unspecified atom stereocenters. The number of benzene rings is 1. The molecule has 1 aliphatic carbocycles. The Hall–Kier alpha value is -3.63. The van der Waals surface area contributed by atoms with E-state index >= 15 is 4.39 Å². The Morgan fingerprint density at radius 1 is 1.35 bits per heavy atom. The number of halogens is 1. The van der Waals surface area contributed by atoms with E-state index in [0.717, 1.165) is 0 Å². The molecule has 37 heavy (non-hydrogen) atoms. The molecule has 0 saturated heterocycles. The van der Waals surface area contributed by atoms with Crippen molar-refractivity contribution in [1.82, 2.24) is 14.5 Å². The molecule has 1 aromatic carbocycles. The lowest BCUT2D eigenvalue weighted by atomic mass is 9.81. The Labute approximate surface area is 215 Å². The van der Waals surface area contributed by atoms with Crippen molar-refractivity contribution >= 4 is 22.8 Å². The first-order chi connectivity index (χ1) is 18.8. The topological polar surface area (TPSA) is 122 Å². The van der Waals surface area contributed by atoms with Crippen molar-refractivity contribution in [3.05, 3.63) is 61.7 Å². The minimum atomic E-state index is -2.89. The highest BCUT2D eigenvalue weighted by Crippen LogP contribution is 2.47. The molecule has 0 spiro atoms. The van der Waals surface area contributed by atoms with Gasteiger partial charge >= 0.3 is 5.97 Å². The van der Waals surface area contributed by atoms with Gasteiger partial charge in [-0.2, -0.15) is 0 Å². The average molecular weight is 511 g/mol. The van der Waals surface area contributed by atoms with Gasteiger partial charge < -0.3 is 24.4 Å². The second-order valence-corrected chi connectivity index (χ2v) is 9.79. The molecule has 0 saturated carbocycles. The molecule has 6 rings (SSSR count). The first-order valence-corrected chi connectivity index (χ1v) is 12.1. The fourth-order valence-electron chi connectivity index (χ4n) is 6.04. The van der Waals surface area contributed by atoms with Crippen molar-refractivity contribution in [2.24, 2.45) is 0 Å². The molecule has 0 bridgehead atoms. The highest BCUT2D eigenvalue weighted by Gasteiger charge is 2.46. The van der Waals surface area contributed by atoms with Crippen LogP contribution in [-0.2, 0) is 39.5 Å². The predicted octanol–water partition coefficient (Wildman–Crippen LogP) is 1.97. The smallest absolute Gasteiger partial charge is 0.343 e. The number of aromatic nitrogens is 2. The maximum absolute atomic E-state index is 15.0. The van der Waals surface area contributed by atoms with Crippen LogP contribution >= 0.6 is 0 Å². The second kappa shape index (κ2) is 7.93. The van der Waals surface area contributed by atoms with Gasteiger partial charge in [0.05, 0.1) is 35.1 Å².